The monoisotopic (exact) mass is 206 g/mol. The number of aliphatic hydroxyl groups excluding tert-OH is 2. The van der Waals surface area contributed by atoms with Crippen LogP contribution in [0, 0.1) is 11.8 Å². The third kappa shape index (κ3) is 4.78. The van der Waals surface area contributed by atoms with E-state index >= 15 is 0 Å². The zero-order valence-corrected chi connectivity index (χ0v) is 7.59. The number of rotatable bonds is 7. The lowest BCUT2D eigenvalue weighted by molar-refractivity contribution is -0.143. The lowest BCUT2D eigenvalue weighted by atomic mass is 9.88. The van der Waals surface area contributed by atoms with Crippen LogP contribution in [0.2, 0.25) is 0 Å². The summed E-state index contributed by atoms with van der Waals surface area (Å²) in [4.78, 5) is 20.7. The first-order valence-corrected chi connectivity index (χ1v) is 4.16. The number of aliphatic carboxylic acids is 2. The molecular formula is C8H14O6. The molecular weight excluding hydrogens is 192 g/mol. The van der Waals surface area contributed by atoms with Crippen molar-refractivity contribution in [2.75, 3.05) is 13.2 Å². The van der Waals surface area contributed by atoms with E-state index < -0.39 is 37.0 Å². The van der Waals surface area contributed by atoms with Crippen molar-refractivity contribution in [3.05, 3.63) is 0 Å². The summed E-state index contributed by atoms with van der Waals surface area (Å²) in [6, 6.07) is 0. The fourth-order valence-corrected chi connectivity index (χ4v) is 1.21. The van der Waals surface area contributed by atoms with Gasteiger partial charge in [0.2, 0.25) is 0 Å². The van der Waals surface area contributed by atoms with E-state index in [0.717, 1.165) is 0 Å². The Kier molecular flexibility index (Phi) is 5.82. The summed E-state index contributed by atoms with van der Waals surface area (Å²) in [5.74, 6) is -3.66. The molecule has 0 aromatic heterocycles. The Labute approximate surface area is 80.8 Å². The average Bonchev–Trinajstić information content (AvgIpc) is 2.10. The van der Waals surface area contributed by atoms with Gasteiger partial charge in [-0.15, -0.1) is 0 Å². The zero-order chi connectivity index (χ0) is 11.1. The van der Waals surface area contributed by atoms with Crippen LogP contribution in [-0.2, 0) is 9.59 Å². The van der Waals surface area contributed by atoms with Crippen LogP contribution in [0.1, 0.15) is 12.8 Å². The van der Waals surface area contributed by atoms with E-state index in [1.54, 1.807) is 0 Å². The highest BCUT2D eigenvalue weighted by atomic mass is 16.4. The predicted molar refractivity (Wildman–Crippen MR) is 45.7 cm³/mol. The number of carbonyl (C=O) groups is 2. The van der Waals surface area contributed by atoms with E-state index in [-0.39, 0.29) is 12.8 Å². The van der Waals surface area contributed by atoms with Gasteiger partial charge in [-0.05, 0) is 11.8 Å². The molecule has 0 fully saturated rings. The molecule has 14 heavy (non-hydrogen) atoms. The molecule has 0 heterocycles. The SMILES string of the molecule is O=C(O)CC(CO)C(CO)CC(=O)O. The summed E-state index contributed by atoms with van der Waals surface area (Å²) in [6.07, 6.45) is -0.677. The maximum atomic E-state index is 10.3. The molecule has 0 amide bonds. The Bertz CT molecular complexity index is 180. The summed E-state index contributed by atoms with van der Waals surface area (Å²) >= 11 is 0. The molecule has 0 bridgehead atoms. The van der Waals surface area contributed by atoms with Crippen LogP contribution < -0.4 is 0 Å². The maximum absolute atomic E-state index is 10.3. The van der Waals surface area contributed by atoms with Crippen LogP contribution in [0.3, 0.4) is 0 Å². The Morgan fingerprint density at radius 1 is 0.857 bits per heavy atom. The predicted octanol–water partition coefficient (Wildman–Crippen LogP) is -0.847. The number of aliphatic hydroxyl groups is 2. The van der Waals surface area contributed by atoms with Crippen molar-refractivity contribution >= 4 is 11.9 Å². The summed E-state index contributed by atoms with van der Waals surface area (Å²) in [5, 5.41) is 34.6. The normalized spacial score (nSPS) is 14.7. The molecule has 0 spiro atoms. The molecule has 0 rings (SSSR count). The van der Waals surface area contributed by atoms with Gasteiger partial charge in [-0.1, -0.05) is 0 Å². The van der Waals surface area contributed by atoms with Crippen molar-refractivity contribution in [3.8, 4) is 0 Å². The molecule has 0 aliphatic heterocycles. The third-order valence-corrected chi connectivity index (χ3v) is 2.01. The van der Waals surface area contributed by atoms with Gasteiger partial charge >= 0.3 is 11.9 Å². The molecule has 0 aliphatic carbocycles. The minimum absolute atomic E-state index is 0.338. The van der Waals surface area contributed by atoms with Crippen LogP contribution in [0.15, 0.2) is 0 Å². The van der Waals surface area contributed by atoms with E-state index in [4.69, 9.17) is 20.4 Å². The molecule has 0 aliphatic rings. The zero-order valence-electron chi connectivity index (χ0n) is 7.59. The Hall–Kier alpha value is -1.14. The fourth-order valence-electron chi connectivity index (χ4n) is 1.21. The van der Waals surface area contributed by atoms with E-state index in [0.29, 0.717) is 0 Å². The highest BCUT2D eigenvalue weighted by Gasteiger charge is 2.24. The van der Waals surface area contributed by atoms with E-state index in [9.17, 15) is 9.59 Å². The van der Waals surface area contributed by atoms with Gasteiger partial charge in [0, 0.05) is 13.2 Å². The quantitative estimate of drug-likeness (QED) is 0.431. The van der Waals surface area contributed by atoms with E-state index in [2.05, 4.69) is 0 Å². The number of hydrogen-bond acceptors (Lipinski definition) is 4. The minimum atomic E-state index is -1.12. The molecule has 4 N–H and O–H groups in total. The van der Waals surface area contributed by atoms with Crippen molar-refractivity contribution in [3.63, 3.8) is 0 Å². The van der Waals surface area contributed by atoms with Gasteiger partial charge in [0.25, 0.3) is 0 Å². The van der Waals surface area contributed by atoms with Gasteiger partial charge in [-0.3, -0.25) is 9.59 Å². The van der Waals surface area contributed by atoms with Crippen molar-refractivity contribution < 1.29 is 30.0 Å². The van der Waals surface area contributed by atoms with Gasteiger partial charge in [-0.2, -0.15) is 0 Å². The summed E-state index contributed by atoms with van der Waals surface area (Å²) < 4.78 is 0. The molecule has 82 valence electrons. The molecule has 2 unspecified atom stereocenters. The highest BCUT2D eigenvalue weighted by Crippen LogP contribution is 2.18. The van der Waals surface area contributed by atoms with Crippen LogP contribution in [0.4, 0.5) is 0 Å². The Morgan fingerprint density at radius 3 is 1.29 bits per heavy atom. The van der Waals surface area contributed by atoms with E-state index in [1.807, 2.05) is 0 Å². The summed E-state index contributed by atoms with van der Waals surface area (Å²) in [7, 11) is 0. The molecule has 0 aromatic carbocycles. The first kappa shape index (κ1) is 12.9. The topological polar surface area (TPSA) is 115 Å². The first-order valence-electron chi connectivity index (χ1n) is 4.16. The second-order valence-corrected chi connectivity index (χ2v) is 3.08. The van der Waals surface area contributed by atoms with Gasteiger partial charge in [0.05, 0.1) is 12.8 Å². The second-order valence-electron chi connectivity index (χ2n) is 3.08. The summed E-state index contributed by atoms with van der Waals surface area (Å²) in [6.45, 7) is -0.879. The Morgan fingerprint density at radius 2 is 1.14 bits per heavy atom. The maximum Gasteiger partial charge on any atom is 0.303 e. The number of carboxylic acid groups (broad SMARTS) is 2. The van der Waals surface area contributed by atoms with Gasteiger partial charge in [0.15, 0.2) is 0 Å². The smallest absolute Gasteiger partial charge is 0.303 e. The lowest BCUT2D eigenvalue weighted by Gasteiger charge is -2.20. The largest absolute Gasteiger partial charge is 0.481 e. The van der Waals surface area contributed by atoms with Gasteiger partial charge in [-0.25, -0.2) is 0 Å². The molecule has 0 saturated carbocycles. The van der Waals surface area contributed by atoms with Crippen molar-refractivity contribution in [1.29, 1.82) is 0 Å². The highest BCUT2D eigenvalue weighted by molar-refractivity contribution is 5.68. The van der Waals surface area contributed by atoms with Gasteiger partial charge < -0.3 is 20.4 Å². The number of hydrogen-bond donors (Lipinski definition) is 4. The van der Waals surface area contributed by atoms with Crippen LogP contribution in [-0.4, -0.2) is 45.6 Å². The molecule has 6 heteroatoms. The molecule has 2 atom stereocenters. The summed E-state index contributed by atoms with van der Waals surface area (Å²) in [5.41, 5.74) is 0. The van der Waals surface area contributed by atoms with Crippen LogP contribution in [0.25, 0.3) is 0 Å². The standard InChI is InChI=1S/C8H14O6/c9-3-5(1-7(11)12)6(4-10)2-8(13)14/h5-6,9-10H,1-4H2,(H,11,12)(H,13,14). The average molecular weight is 206 g/mol. The molecule has 6 nitrogen and oxygen atoms in total. The van der Waals surface area contributed by atoms with Crippen LogP contribution >= 0.6 is 0 Å². The Balaban J connectivity index is 4.28. The molecule has 0 aromatic rings. The second kappa shape index (κ2) is 6.33. The van der Waals surface area contributed by atoms with Gasteiger partial charge in [0.1, 0.15) is 0 Å². The molecule has 0 radical (unpaired) electrons. The van der Waals surface area contributed by atoms with E-state index in [1.165, 1.54) is 0 Å². The first-order chi connectivity index (χ1) is 6.51. The van der Waals surface area contributed by atoms with Crippen LogP contribution in [0.5, 0.6) is 0 Å². The van der Waals surface area contributed by atoms with Crippen molar-refractivity contribution in [2.45, 2.75) is 12.8 Å². The lowest BCUT2D eigenvalue weighted by Crippen LogP contribution is -2.26. The fraction of sp³-hybridized carbons (Fsp3) is 0.750. The number of carboxylic acids is 2. The third-order valence-electron chi connectivity index (χ3n) is 2.01. The molecule has 0 saturated heterocycles. The minimum Gasteiger partial charge on any atom is -0.481 e. The van der Waals surface area contributed by atoms with Crippen molar-refractivity contribution in [2.24, 2.45) is 11.8 Å². The van der Waals surface area contributed by atoms with Crippen molar-refractivity contribution in [1.82, 2.24) is 0 Å².